The van der Waals surface area contributed by atoms with Crippen LogP contribution in [0.4, 0.5) is 20.2 Å². The molecule has 0 unspecified atom stereocenters. The fraction of sp³-hybridized carbons (Fsp3) is 0. The Bertz CT molecular complexity index is 660. The van der Waals surface area contributed by atoms with E-state index in [1.165, 1.54) is 0 Å². The molecule has 0 spiro atoms. The van der Waals surface area contributed by atoms with Gasteiger partial charge < -0.3 is 5.32 Å². The van der Waals surface area contributed by atoms with Crippen LogP contribution in [0.5, 0.6) is 0 Å². The Balaban J connectivity index is 2.41. The van der Waals surface area contributed by atoms with Crippen molar-refractivity contribution in [1.82, 2.24) is 0 Å². The normalized spacial score (nSPS) is 10.1. The molecule has 0 aliphatic carbocycles. The molecule has 0 saturated carbocycles. The minimum atomic E-state index is -0.835. The Morgan fingerprint density at radius 1 is 1.16 bits per heavy atom. The average Bonchev–Trinajstić information content (AvgIpc) is 2.35. The first-order chi connectivity index (χ1) is 9.01. The zero-order valence-electron chi connectivity index (χ0n) is 9.35. The topological polar surface area (TPSA) is 35.8 Å². The maximum atomic E-state index is 13.7. The molecular formula is C13H6BrClF2N2. The lowest BCUT2D eigenvalue weighted by Gasteiger charge is -2.11. The smallest absolute Gasteiger partial charge is 0.150 e. The molecule has 0 atom stereocenters. The summed E-state index contributed by atoms with van der Waals surface area (Å²) < 4.78 is 28.0. The number of hydrogen-bond donors (Lipinski definition) is 1. The molecule has 0 aliphatic heterocycles. The molecule has 0 bridgehead atoms. The molecule has 0 saturated heterocycles. The van der Waals surface area contributed by atoms with Crippen LogP contribution in [0.1, 0.15) is 5.56 Å². The predicted molar refractivity (Wildman–Crippen MR) is 73.5 cm³/mol. The highest BCUT2D eigenvalue weighted by Crippen LogP contribution is 2.31. The van der Waals surface area contributed by atoms with Crippen LogP contribution in [0.25, 0.3) is 0 Å². The number of hydrogen-bond acceptors (Lipinski definition) is 2. The summed E-state index contributed by atoms with van der Waals surface area (Å²) in [4.78, 5) is 0. The van der Waals surface area contributed by atoms with Crippen molar-refractivity contribution >= 4 is 38.9 Å². The standard InChI is InChI=1S/C13H6BrClF2N2/c14-9-5-8(15)1-2-12(9)19-13-10(16)3-7(6-18)4-11(13)17/h1-5,19H. The zero-order chi connectivity index (χ0) is 14.0. The first-order valence-electron chi connectivity index (χ1n) is 5.12. The first-order valence-corrected chi connectivity index (χ1v) is 6.29. The predicted octanol–water partition coefficient (Wildman–Crippen LogP) is 5.00. The van der Waals surface area contributed by atoms with E-state index in [-0.39, 0.29) is 11.3 Å². The number of halogens is 4. The molecule has 2 aromatic rings. The molecule has 2 aromatic carbocycles. The van der Waals surface area contributed by atoms with E-state index in [1.807, 2.05) is 0 Å². The minimum absolute atomic E-state index is 0.0734. The zero-order valence-corrected chi connectivity index (χ0v) is 11.7. The molecule has 19 heavy (non-hydrogen) atoms. The molecule has 0 aliphatic rings. The van der Waals surface area contributed by atoms with Crippen LogP contribution in [0, 0.1) is 23.0 Å². The van der Waals surface area contributed by atoms with Gasteiger partial charge in [0.25, 0.3) is 0 Å². The largest absolute Gasteiger partial charge is 0.350 e. The highest BCUT2D eigenvalue weighted by Gasteiger charge is 2.12. The van der Waals surface area contributed by atoms with Crippen molar-refractivity contribution in [2.24, 2.45) is 0 Å². The summed E-state index contributed by atoms with van der Waals surface area (Å²) in [6.45, 7) is 0. The van der Waals surface area contributed by atoms with Crippen LogP contribution in [0.2, 0.25) is 5.02 Å². The molecule has 6 heteroatoms. The Kier molecular flexibility index (Phi) is 4.03. The Hall–Kier alpha value is -1.64. The van der Waals surface area contributed by atoms with E-state index in [1.54, 1.807) is 24.3 Å². The Labute approximate surface area is 121 Å². The van der Waals surface area contributed by atoms with E-state index < -0.39 is 11.6 Å². The third kappa shape index (κ3) is 3.03. The maximum Gasteiger partial charge on any atom is 0.150 e. The van der Waals surface area contributed by atoms with E-state index >= 15 is 0 Å². The molecule has 2 nitrogen and oxygen atoms in total. The van der Waals surface area contributed by atoms with Crippen LogP contribution < -0.4 is 5.32 Å². The lowest BCUT2D eigenvalue weighted by Crippen LogP contribution is -1.99. The highest BCUT2D eigenvalue weighted by molar-refractivity contribution is 9.10. The van der Waals surface area contributed by atoms with Crippen LogP contribution in [-0.4, -0.2) is 0 Å². The summed E-state index contributed by atoms with van der Waals surface area (Å²) in [6, 6.07) is 8.40. The number of benzene rings is 2. The summed E-state index contributed by atoms with van der Waals surface area (Å²) in [5.74, 6) is -1.67. The van der Waals surface area contributed by atoms with E-state index in [0.717, 1.165) is 12.1 Å². The molecular weight excluding hydrogens is 338 g/mol. The van der Waals surface area contributed by atoms with Gasteiger partial charge in [-0.25, -0.2) is 8.78 Å². The van der Waals surface area contributed by atoms with Gasteiger partial charge in [-0.3, -0.25) is 0 Å². The molecule has 0 aromatic heterocycles. The molecule has 2 rings (SSSR count). The van der Waals surface area contributed by atoms with Gasteiger partial charge in [-0.1, -0.05) is 11.6 Å². The summed E-state index contributed by atoms with van der Waals surface area (Å²) >= 11 is 9.02. The SMILES string of the molecule is N#Cc1cc(F)c(Nc2ccc(Cl)cc2Br)c(F)c1. The molecule has 0 amide bonds. The molecule has 0 heterocycles. The summed E-state index contributed by atoms with van der Waals surface area (Å²) in [5, 5.41) is 11.7. The van der Waals surface area contributed by atoms with Gasteiger partial charge in [0, 0.05) is 9.50 Å². The van der Waals surface area contributed by atoms with Crippen molar-refractivity contribution in [2.75, 3.05) is 5.32 Å². The fourth-order valence-electron chi connectivity index (χ4n) is 1.48. The number of rotatable bonds is 2. The number of anilines is 2. The van der Waals surface area contributed by atoms with E-state index in [2.05, 4.69) is 21.2 Å². The van der Waals surface area contributed by atoms with Gasteiger partial charge in [0.1, 0.15) is 5.69 Å². The van der Waals surface area contributed by atoms with Gasteiger partial charge in [0.15, 0.2) is 11.6 Å². The van der Waals surface area contributed by atoms with E-state index in [4.69, 9.17) is 16.9 Å². The monoisotopic (exact) mass is 342 g/mol. The third-order valence-corrected chi connectivity index (χ3v) is 3.25. The maximum absolute atomic E-state index is 13.7. The molecule has 96 valence electrons. The van der Waals surface area contributed by atoms with Crippen LogP contribution in [0.3, 0.4) is 0 Å². The Morgan fingerprint density at radius 2 is 1.79 bits per heavy atom. The van der Waals surface area contributed by atoms with Crippen LogP contribution >= 0.6 is 27.5 Å². The second kappa shape index (κ2) is 5.55. The Morgan fingerprint density at radius 3 is 2.32 bits per heavy atom. The van der Waals surface area contributed by atoms with Crippen LogP contribution in [-0.2, 0) is 0 Å². The van der Waals surface area contributed by atoms with E-state index in [9.17, 15) is 8.78 Å². The summed E-state index contributed by atoms with van der Waals surface area (Å²) in [6.07, 6.45) is 0. The van der Waals surface area contributed by atoms with Gasteiger partial charge in [-0.15, -0.1) is 0 Å². The third-order valence-electron chi connectivity index (χ3n) is 2.36. The fourth-order valence-corrected chi connectivity index (χ4v) is 2.26. The molecule has 1 N–H and O–H groups in total. The highest BCUT2D eigenvalue weighted by atomic mass is 79.9. The summed E-state index contributed by atoms with van der Waals surface area (Å²) in [5.41, 5.74) is 0.0738. The number of nitrogens with one attached hydrogen (secondary N) is 1. The van der Waals surface area contributed by atoms with Crippen molar-refractivity contribution in [3.63, 3.8) is 0 Å². The van der Waals surface area contributed by atoms with Crippen LogP contribution in [0.15, 0.2) is 34.8 Å². The van der Waals surface area contributed by atoms with Gasteiger partial charge >= 0.3 is 0 Å². The van der Waals surface area contributed by atoms with Crippen molar-refractivity contribution in [3.8, 4) is 6.07 Å². The summed E-state index contributed by atoms with van der Waals surface area (Å²) in [7, 11) is 0. The van der Waals surface area contributed by atoms with Gasteiger partial charge in [0.2, 0.25) is 0 Å². The van der Waals surface area contributed by atoms with Crippen molar-refractivity contribution in [2.45, 2.75) is 0 Å². The lowest BCUT2D eigenvalue weighted by molar-refractivity contribution is 0.590. The second-order valence-corrected chi connectivity index (χ2v) is 4.97. The average molecular weight is 344 g/mol. The number of nitriles is 1. The van der Waals surface area contributed by atoms with Crippen molar-refractivity contribution in [3.05, 3.63) is 57.0 Å². The van der Waals surface area contributed by atoms with Crippen molar-refractivity contribution < 1.29 is 8.78 Å². The van der Waals surface area contributed by atoms with Crippen molar-refractivity contribution in [1.29, 1.82) is 5.26 Å². The van der Waals surface area contributed by atoms with E-state index in [0.29, 0.717) is 15.2 Å². The first kappa shape index (κ1) is 13.8. The number of nitrogens with zero attached hydrogens (tertiary/aromatic N) is 1. The van der Waals surface area contributed by atoms with Gasteiger partial charge in [0.05, 0.1) is 17.3 Å². The molecule has 0 radical (unpaired) electrons. The lowest BCUT2D eigenvalue weighted by atomic mass is 10.2. The molecule has 0 fully saturated rings. The second-order valence-electron chi connectivity index (χ2n) is 3.68. The van der Waals surface area contributed by atoms with Gasteiger partial charge in [-0.05, 0) is 46.3 Å². The quantitative estimate of drug-likeness (QED) is 0.833. The van der Waals surface area contributed by atoms with Gasteiger partial charge in [-0.2, -0.15) is 5.26 Å². The minimum Gasteiger partial charge on any atom is -0.350 e.